The molecule has 1 aromatic carbocycles. The van der Waals surface area contributed by atoms with Crippen molar-refractivity contribution in [2.24, 2.45) is 10.5 Å². The van der Waals surface area contributed by atoms with Gasteiger partial charge in [-0.3, -0.25) is 4.79 Å². The summed E-state index contributed by atoms with van der Waals surface area (Å²) in [4.78, 5) is 14.9. The maximum absolute atomic E-state index is 12.9. The number of ether oxygens (including phenoxy) is 2. The van der Waals surface area contributed by atoms with Crippen molar-refractivity contribution >= 4 is 35.4 Å². The van der Waals surface area contributed by atoms with E-state index in [1.54, 1.807) is 19.2 Å². The van der Waals surface area contributed by atoms with Crippen molar-refractivity contribution in [2.75, 3.05) is 33.9 Å². The van der Waals surface area contributed by atoms with Crippen LogP contribution >= 0.6 is 11.5 Å². The van der Waals surface area contributed by atoms with Gasteiger partial charge in [-0.15, -0.1) is 0 Å². The van der Waals surface area contributed by atoms with Gasteiger partial charge < -0.3 is 14.4 Å². The number of nitrogens with zero attached hydrogens (tertiary/aromatic N) is 4. The lowest BCUT2D eigenvalue weighted by Gasteiger charge is -2.24. The van der Waals surface area contributed by atoms with E-state index in [-0.39, 0.29) is 17.9 Å². The molecule has 0 atom stereocenters. The number of benzene rings is 1. The minimum absolute atomic E-state index is 0.0233. The maximum atomic E-state index is 12.9. The third kappa shape index (κ3) is 3.72. The molecule has 0 bridgehead atoms. The number of hydrogen-bond acceptors (Lipinski definition) is 7. The molecule has 0 N–H and O–H groups in total. The molecule has 0 aliphatic carbocycles. The number of rotatable bonds is 5. The molecule has 3 heterocycles. The van der Waals surface area contributed by atoms with E-state index in [9.17, 15) is 4.79 Å². The number of hydrazone groups is 1. The zero-order valence-corrected chi connectivity index (χ0v) is 17.8. The molecular weight excluding hydrogens is 388 g/mol. The molecule has 0 spiro atoms. The summed E-state index contributed by atoms with van der Waals surface area (Å²) in [7, 11) is 3.22. The van der Waals surface area contributed by atoms with Gasteiger partial charge in [0, 0.05) is 35.1 Å². The molecule has 2 aliphatic rings. The topological polar surface area (TPSA) is 67.3 Å². The highest BCUT2D eigenvalue weighted by Crippen LogP contribution is 2.34. The first-order valence-electron chi connectivity index (χ1n) is 9.40. The lowest BCUT2D eigenvalue weighted by molar-refractivity contribution is -0.131. The fourth-order valence-corrected chi connectivity index (χ4v) is 4.28. The molecule has 2 aliphatic heterocycles. The predicted octanol–water partition coefficient (Wildman–Crippen LogP) is 1.27. The van der Waals surface area contributed by atoms with Crippen LogP contribution in [0.1, 0.15) is 19.4 Å². The van der Waals surface area contributed by atoms with E-state index >= 15 is 0 Å². The van der Waals surface area contributed by atoms with Crippen molar-refractivity contribution in [1.29, 1.82) is 0 Å². The molecule has 0 saturated heterocycles. The van der Waals surface area contributed by atoms with Crippen LogP contribution in [0.3, 0.4) is 0 Å². The van der Waals surface area contributed by atoms with Crippen molar-refractivity contribution in [2.45, 2.75) is 13.8 Å². The maximum Gasteiger partial charge on any atom is 0.262 e. The first kappa shape index (κ1) is 19.4. The van der Waals surface area contributed by atoms with Gasteiger partial charge in [0.05, 0.1) is 37.6 Å². The summed E-state index contributed by atoms with van der Waals surface area (Å²) in [6.07, 6.45) is 5.93. The quantitative estimate of drug-likeness (QED) is 0.740. The zero-order valence-electron chi connectivity index (χ0n) is 17.0. The minimum Gasteiger partial charge on any atom is -0.493 e. The average molecular weight is 413 g/mol. The van der Waals surface area contributed by atoms with Gasteiger partial charge in [0.15, 0.2) is 11.5 Å². The van der Waals surface area contributed by atoms with Crippen LogP contribution in [0.15, 0.2) is 29.5 Å². The third-order valence-corrected chi connectivity index (χ3v) is 5.96. The van der Waals surface area contributed by atoms with Crippen LogP contribution in [0.25, 0.3) is 12.3 Å². The van der Waals surface area contributed by atoms with Crippen molar-refractivity contribution < 1.29 is 14.3 Å². The molecule has 0 radical (unpaired) electrons. The van der Waals surface area contributed by atoms with Crippen LogP contribution in [0.5, 0.6) is 11.5 Å². The highest BCUT2D eigenvalue weighted by atomic mass is 32.1. The van der Waals surface area contributed by atoms with Crippen LogP contribution in [0.2, 0.25) is 0 Å². The van der Waals surface area contributed by atoms with Crippen molar-refractivity contribution in [3.8, 4) is 11.5 Å². The number of hydrogen-bond donors (Lipinski definition) is 0. The van der Waals surface area contributed by atoms with E-state index < -0.39 is 0 Å². The number of aromatic nitrogens is 1. The van der Waals surface area contributed by atoms with E-state index in [4.69, 9.17) is 9.47 Å². The summed E-state index contributed by atoms with van der Waals surface area (Å²) in [5.41, 5.74) is 1.53. The van der Waals surface area contributed by atoms with Gasteiger partial charge in [-0.2, -0.15) is 9.47 Å². The molecule has 0 fully saturated rings. The molecule has 29 heavy (non-hydrogen) atoms. The van der Waals surface area contributed by atoms with Crippen LogP contribution in [-0.4, -0.2) is 59.8 Å². The van der Waals surface area contributed by atoms with Crippen molar-refractivity contribution in [3.05, 3.63) is 39.7 Å². The van der Waals surface area contributed by atoms with E-state index in [1.165, 1.54) is 11.5 Å². The second-order valence-electron chi connectivity index (χ2n) is 7.76. The Hall–Kier alpha value is -2.87. The van der Waals surface area contributed by atoms with Crippen LogP contribution in [0, 0.1) is 5.41 Å². The highest BCUT2D eigenvalue weighted by Gasteiger charge is 2.38. The van der Waals surface area contributed by atoms with Gasteiger partial charge in [-0.05, 0) is 35.8 Å². The van der Waals surface area contributed by atoms with Gasteiger partial charge in [-0.1, -0.05) is 13.8 Å². The van der Waals surface area contributed by atoms with Crippen LogP contribution in [-0.2, 0) is 4.79 Å². The molecule has 0 unspecified atom stereocenters. The molecule has 1 amide bonds. The van der Waals surface area contributed by atoms with Gasteiger partial charge >= 0.3 is 0 Å². The number of carbonyl (C=O) groups is 1. The molecule has 4 rings (SSSR count). The second kappa shape index (κ2) is 7.51. The lowest BCUT2D eigenvalue weighted by Crippen LogP contribution is -2.40. The summed E-state index contributed by atoms with van der Waals surface area (Å²) >= 11 is 1.47. The summed E-state index contributed by atoms with van der Waals surface area (Å²) in [5, 5.41) is 7.33. The molecule has 152 valence electrons. The third-order valence-electron chi connectivity index (χ3n) is 5.15. The summed E-state index contributed by atoms with van der Waals surface area (Å²) in [6.45, 7) is 5.72. The summed E-state index contributed by atoms with van der Waals surface area (Å²) in [5.74, 6) is 1.29. The Kier molecular flexibility index (Phi) is 5.04. The van der Waals surface area contributed by atoms with E-state index in [0.29, 0.717) is 24.6 Å². The van der Waals surface area contributed by atoms with Gasteiger partial charge in [0.25, 0.3) is 5.91 Å². The lowest BCUT2D eigenvalue weighted by atomic mass is 9.84. The fraction of sp³-hybridized carbons (Fsp3) is 0.381. The molecule has 7 nitrogen and oxygen atoms in total. The Morgan fingerprint density at radius 1 is 1.24 bits per heavy atom. The van der Waals surface area contributed by atoms with Crippen LogP contribution in [0.4, 0.5) is 0 Å². The Labute approximate surface area is 173 Å². The monoisotopic (exact) mass is 412 g/mol. The molecule has 8 heteroatoms. The SMILES string of the molecule is COc1ccc(C2=NN(C(=O)CN3C=c4cnsc4=CC3)CC2(C)C)cc1OC. The summed E-state index contributed by atoms with van der Waals surface area (Å²) in [6, 6.07) is 5.72. The first-order valence-corrected chi connectivity index (χ1v) is 10.2. The molecule has 2 aromatic rings. The van der Waals surface area contributed by atoms with E-state index in [2.05, 4.69) is 29.4 Å². The zero-order chi connectivity index (χ0) is 20.6. The highest BCUT2D eigenvalue weighted by molar-refractivity contribution is 7.03. The number of amides is 1. The predicted molar refractivity (Wildman–Crippen MR) is 113 cm³/mol. The largest absolute Gasteiger partial charge is 0.493 e. The van der Waals surface area contributed by atoms with Gasteiger partial charge in [-0.25, -0.2) is 5.01 Å². The molecule has 1 aromatic heterocycles. The second-order valence-corrected chi connectivity index (χ2v) is 8.59. The van der Waals surface area contributed by atoms with Gasteiger partial charge in [0.2, 0.25) is 0 Å². The van der Waals surface area contributed by atoms with Crippen molar-refractivity contribution in [3.63, 3.8) is 0 Å². The Morgan fingerprint density at radius 2 is 2.03 bits per heavy atom. The Morgan fingerprint density at radius 3 is 2.79 bits per heavy atom. The Balaban J connectivity index is 1.55. The first-order chi connectivity index (χ1) is 13.9. The average Bonchev–Trinajstić information content (AvgIpc) is 3.30. The van der Waals surface area contributed by atoms with Gasteiger partial charge in [0.1, 0.15) is 0 Å². The van der Waals surface area contributed by atoms with E-state index in [0.717, 1.165) is 21.0 Å². The Bertz CT molecular complexity index is 1090. The van der Waals surface area contributed by atoms with Crippen molar-refractivity contribution in [1.82, 2.24) is 14.3 Å². The standard InChI is InChI=1S/C21H24N4O3S/c1-21(2)13-25(19(26)12-24-8-7-18-15(11-24)10-22-29-18)23-20(21)14-5-6-16(27-3)17(9-14)28-4/h5-7,9-11H,8,12-13H2,1-4H3. The number of methoxy groups -OCH3 is 2. The number of carbonyl (C=O) groups excluding carboxylic acids is 1. The fourth-order valence-electron chi connectivity index (χ4n) is 3.64. The smallest absolute Gasteiger partial charge is 0.262 e. The molecular formula is C21H24N4O3S. The minimum atomic E-state index is -0.266. The van der Waals surface area contributed by atoms with Crippen LogP contribution < -0.4 is 19.2 Å². The summed E-state index contributed by atoms with van der Waals surface area (Å²) < 4.78 is 16.1. The normalized spacial score (nSPS) is 17.2. The van der Waals surface area contributed by atoms with E-state index in [1.807, 2.05) is 35.5 Å². The molecule has 0 saturated carbocycles. The number of fused-ring (bicyclic) bond motifs is 1.